The number of imidazole rings is 1. The molecule has 1 N–H and O–H groups in total. The van der Waals surface area contributed by atoms with Gasteiger partial charge in [-0.3, -0.25) is 4.98 Å². The third kappa shape index (κ3) is 2.61. The third-order valence-corrected chi connectivity index (χ3v) is 6.50. The second kappa shape index (κ2) is 6.35. The number of aromatic nitrogens is 6. The van der Waals surface area contributed by atoms with Crippen molar-refractivity contribution in [3.63, 3.8) is 0 Å². The van der Waals surface area contributed by atoms with Crippen LogP contribution in [0.3, 0.4) is 0 Å². The average molecular weight is 398 g/mol. The van der Waals surface area contributed by atoms with Gasteiger partial charge in [0.1, 0.15) is 16.3 Å². The van der Waals surface area contributed by atoms with Gasteiger partial charge in [0.25, 0.3) is 0 Å². The van der Waals surface area contributed by atoms with E-state index >= 15 is 0 Å². The summed E-state index contributed by atoms with van der Waals surface area (Å²) in [5.74, 6) is 1.52. The Hall–Kier alpha value is -3.32. The van der Waals surface area contributed by atoms with Crippen molar-refractivity contribution in [1.29, 1.82) is 0 Å². The van der Waals surface area contributed by atoms with Crippen molar-refractivity contribution in [3.8, 4) is 21.8 Å². The smallest absolute Gasteiger partial charge is 0.156 e. The molecule has 1 aliphatic heterocycles. The van der Waals surface area contributed by atoms with Crippen molar-refractivity contribution in [3.05, 3.63) is 71.5 Å². The zero-order valence-electron chi connectivity index (χ0n) is 15.8. The number of fused-ring (bicyclic) bond motifs is 2. The van der Waals surface area contributed by atoms with Crippen LogP contribution >= 0.6 is 11.3 Å². The minimum absolute atomic E-state index is 0.356. The summed E-state index contributed by atoms with van der Waals surface area (Å²) in [5.41, 5.74) is 7.19. The molecular formula is C22H18N6S. The summed E-state index contributed by atoms with van der Waals surface area (Å²) in [7, 11) is 0. The maximum Gasteiger partial charge on any atom is 0.156 e. The van der Waals surface area contributed by atoms with Crippen molar-refractivity contribution >= 4 is 22.5 Å². The van der Waals surface area contributed by atoms with Crippen LogP contribution in [0.1, 0.15) is 29.4 Å². The normalized spacial score (nSPS) is 15.8. The van der Waals surface area contributed by atoms with Gasteiger partial charge in [0, 0.05) is 53.9 Å². The second-order valence-corrected chi connectivity index (χ2v) is 8.22. The van der Waals surface area contributed by atoms with E-state index in [0.717, 1.165) is 57.5 Å². The van der Waals surface area contributed by atoms with Crippen LogP contribution in [0.15, 0.2) is 54.4 Å². The number of H-pyrrole nitrogens is 1. The van der Waals surface area contributed by atoms with E-state index in [0.29, 0.717) is 5.92 Å². The van der Waals surface area contributed by atoms with E-state index in [1.807, 2.05) is 13.1 Å². The average Bonchev–Trinajstić information content (AvgIpc) is 3.50. The van der Waals surface area contributed by atoms with Crippen molar-refractivity contribution in [2.24, 2.45) is 0 Å². The fraction of sp³-hybridized carbons (Fsp3) is 0.182. The van der Waals surface area contributed by atoms with Gasteiger partial charge in [0.15, 0.2) is 5.65 Å². The van der Waals surface area contributed by atoms with Crippen molar-refractivity contribution in [2.75, 3.05) is 0 Å². The molecule has 5 heterocycles. The van der Waals surface area contributed by atoms with Gasteiger partial charge in [0.2, 0.25) is 0 Å². The SMILES string of the molecule is Cc1[nH]c2nccnc2c1-c1nc(-c2cccc(C3CCn4ccnc43)c2)cs1. The Morgan fingerprint density at radius 1 is 1.14 bits per heavy atom. The summed E-state index contributed by atoms with van der Waals surface area (Å²) in [5, 5.41) is 3.09. The van der Waals surface area contributed by atoms with Crippen LogP contribution in [0.25, 0.3) is 33.0 Å². The highest BCUT2D eigenvalue weighted by molar-refractivity contribution is 7.13. The zero-order chi connectivity index (χ0) is 19.4. The maximum atomic E-state index is 4.95. The second-order valence-electron chi connectivity index (χ2n) is 7.36. The van der Waals surface area contributed by atoms with E-state index < -0.39 is 0 Å². The Morgan fingerprint density at radius 2 is 2.07 bits per heavy atom. The molecule has 142 valence electrons. The molecule has 0 radical (unpaired) electrons. The van der Waals surface area contributed by atoms with E-state index in [9.17, 15) is 0 Å². The van der Waals surface area contributed by atoms with Crippen LogP contribution in [0, 0.1) is 6.92 Å². The molecular weight excluding hydrogens is 380 g/mol. The Morgan fingerprint density at radius 3 is 3.03 bits per heavy atom. The highest BCUT2D eigenvalue weighted by Crippen LogP contribution is 2.37. The maximum absolute atomic E-state index is 4.95. The first-order valence-corrected chi connectivity index (χ1v) is 10.5. The van der Waals surface area contributed by atoms with Crippen LogP contribution in [-0.4, -0.2) is 29.5 Å². The largest absolute Gasteiger partial charge is 0.341 e. The van der Waals surface area contributed by atoms with Gasteiger partial charge in [-0.15, -0.1) is 11.3 Å². The molecule has 0 saturated heterocycles. The van der Waals surface area contributed by atoms with E-state index in [-0.39, 0.29) is 0 Å². The fourth-order valence-electron chi connectivity index (χ4n) is 4.26. The highest BCUT2D eigenvalue weighted by atomic mass is 32.1. The molecule has 0 amide bonds. The lowest BCUT2D eigenvalue weighted by molar-refractivity contribution is 0.721. The van der Waals surface area contributed by atoms with Gasteiger partial charge in [-0.25, -0.2) is 15.0 Å². The third-order valence-electron chi connectivity index (χ3n) is 5.64. The minimum Gasteiger partial charge on any atom is -0.341 e. The van der Waals surface area contributed by atoms with Crippen molar-refractivity contribution in [2.45, 2.75) is 25.8 Å². The summed E-state index contributed by atoms with van der Waals surface area (Å²) in [4.78, 5) is 21.7. The molecule has 1 aromatic carbocycles. The van der Waals surface area contributed by atoms with Crippen LogP contribution in [0.2, 0.25) is 0 Å². The molecule has 6 nitrogen and oxygen atoms in total. The monoisotopic (exact) mass is 398 g/mol. The summed E-state index contributed by atoms with van der Waals surface area (Å²) >= 11 is 1.64. The summed E-state index contributed by atoms with van der Waals surface area (Å²) in [6.07, 6.45) is 8.49. The predicted octanol–water partition coefficient (Wildman–Crippen LogP) is 4.79. The molecule has 29 heavy (non-hydrogen) atoms. The lowest BCUT2D eigenvalue weighted by Gasteiger charge is -2.10. The van der Waals surface area contributed by atoms with Gasteiger partial charge in [0.05, 0.1) is 11.3 Å². The number of benzene rings is 1. The van der Waals surface area contributed by atoms with Gasteiger partial charge in [-0.1, -0.05) is 18.2 Å². The Balaban J connectivity index is 1.39. The molecule has 0 fully saturated rings. The lowest BCUT2D eigenvalue weighted by Crippen LogP contribution is -1.98. The molecule has 1 atom stereocenters. The van der Waals surface area contributed by atoms with Crippen LogP contribution in [-0.2, 0) is 6.54 Å². The molecule has 7 heteroatoms. The highest BCUT2D eigenvalue weighted by Gasteiger charge is 2.25. The van der Waals surface area contributed by atoms with E-state index in [1.54, 1.807) is 23.7 Å². The number of rotatable bonds is 3. The molecule has 4 aromatic heterocycles. The Kier molecular flexibility index (Phi) is 3.64. The van der Waals surface area contributed by atoms with E-state index in [4.69, 9.17) is 4.98 Å². The standard InChI is InChI=1S/C22H18N6S/c1-13-18(19-20(26-13)24-7-6-23-19)22-27-17(12-29-22)15-4-2-3-14(11-15)16-5-9-28-10-8-25-21(16)28/h2-4,6-8,10-12,16H,5,9H2,1H3,(H,24,26). The van der Waals surface area contributed by atoms with Gasteiger partial charge in [-0.2, -0.15) is 0 Å². The molecule has 1 unspecified atom stereocenters. The first-order valence-electron chi connectivity index (χ1n) is 9.64. The quantitative estimate of drug-likeness (QED) is 0.474. The first-order chi connectivity index (χ1) is 14.3. The fourth-order valence-corrected chi connectivity index (χ4v) is 5.19. The Bertz CT molecular complexity index is 1340. The van der Waals surface area contributed by atoms with Crippen LogP contribution in [0.5, 0.6) is 0 Å². The summed E-state index contributed by atoms with van der Waals surface area (Å²) in [6, 6.07) is 8.71. The number of nitrogens with zero attached hydrogens (tertiary/aromatic N) is 5. The summed E-state index contributed by atoms with van der Waals surface area (Å²) < 4.78 is 2.25. The number of hydrogen-bond donors (Lipinski definition) is 1. The molecule has 0 bridgehead atoms. The molecule has 1 aliphatic rings. The zero-order valence-corrected chi connectivity index (χ0v) is 16.6. The van der Waals surface area contributed by atoms with Crippen LogP contribution in [0.4, 0.5) is 0 Å². The Labute approximate surface area is 171 Å². The van der Waals surface area contributed by atoms with Crippen molar-refractivity contribution in [1.82, 2.24) is 29.5 Å². The van der Waals surface area contributed by atoms with Crippen LogP contribution < -0.4 is 0 Å². The topological polar surface area (TPSA) is 72.3 Å². The minimum atomic E-state index is 0.356. The number of thiazole rings is 1. The van der Waals surface area contributed by atoms with E-state index in [2.05, 4.69) is 60.3 Å². The predicted molar refractivity (Wildman–Crippen MR) is 114 cm³/mol. The summed E-state index contributed by atoms with van der Waals surface area (Å²) in [6.45, 7) is 3.08. The number of nitrogens with one attached hydrogen (secondary N) is 1. The van der Waals surface area contributed by atoms with Crippen molar-refractivity contribution < 1.29 is 0 Å². The first kappa shape index (κ1) is 16.6. The van der Waals surface area contributed by atoms with Gasteiger partial charge < -0.3 is 9.55 Å². The molecule has 0 aliphatic carbocycles. The number of aryl methyl sites for hydroxylation is 2. The number of aromatic amines is 1. The lowest BCUT2D eigenvalue weighted by atomic mass is 9.95. The number of hydrogen-bond acceptors (Lipinski definition) is 5. The van der Waals surface area contributed by atoms with Gasteiger partial charge in [-0.05, 0) is 25.0 Å². The molecule has 5 aromatic rings. The van der Waals surface area contributed by atoms with E-state index in [1.165, 1.54) is 5.56 Å². The molecule has 6 rings (SSSR count). The molecule has 0 saturated carbocycles. The van der Waals surface area contributed by atoms with Gasteiger partial charge >= 0.3 is 0 Å². The molecule has 0 spiro atoms.